The highest BCUT2D eigenvalue weighted by molar-refractivity contribution is 7.99. The number of hydrogen-bond donors (Lipinski definition) is 1. The molecule has 1 saturated heterocycles. The summed E-state index contributed by atoms with van der Waals surface area (Å²) in [6.45, 7) is 4.00. The number of rotatable bonds is 5. The maximum absolute atomic E-state index is 11.8. The molecule has 1 amide bonds. The highest BCUT2D eigenvalue weighted by Gasteiger charge is 2.21. The van der Waals surface area contributed by atoms with Crippen LogP contribution in [0, 0.1) is 0 Å². The summed E-state index contributed by atoms with van der Waals surface area (Å²) in [6, 6.07) is 0.609. The fourth-order valence-electron chi connectivity index (χ4n) is 1.81. The molecular formula is C11H22N2OS. The normalized spacial score (nSPS) is 18.1. The average Bonchev–Trinajstić information content (AvgIpc) is 2.29. The van der Waals surface area contributed by atoms with Gasteiger partial charge in [0.2, 0.25) is 5.91 Å². The molecule has 88 valence electrons. The molecule has 1 N–H and O–H groups in total. The number of carbonyl (C=O) groups is 1. The van der Waals surface area contributed by atoms with Crippen LogP contribution in [0.3, 0.4) is 0 Å². The number of carbonyl (C=O) groups excluding carboxylic acids is 1. The predicted molar refractivity (Wildman–Crippen MR) is 66.3 cm³/mol. The van der Waals surface area contributed by atoms with Gasteiger partial charge in [-0.25, -0.2) is 0 Å². The Kier molecular flexibility index (Phi) is 6.10. The van der Waals surface area contributed by atoms with Crippen LogP contribution in [-0.2, 0) is 4.79 Å². The highest BCUT2D eigenvalue weighted by atomic mass is 32.2. The molecule has 1 heterocycles. The summed E-state index contributed by atoms with van der Waals surface area (Å²) in [5.74, 6) is 2.08. The second kappa shape index (κ2) is 7.12. The lowest BCUT2D eigenvalue weighted by molar-refractivity contribution is -0.129. The molecular weight excluding hydrogens is 208 g/mol. The maximum atomic E-state index is 11.8. The second-order valence-corrected chi connectivity index (χ2v) is 5.10. The molecule has 0 aliphatic carbocycles. The molecule has 1 fully saturated rings. The first-order chi connectivity index (χ1) is 7.27. The molecule has 0 radical (unpaired) electrons. The summed E-state index contributed by atoms with van der Waals surface area (Å²) >= 11 is 1.75. The van der Waals surface area contributed by atoms with Gasteiger partial charge in [-0.2, -0.15) is 11.8 Å². The third-order valence-corrected chi connectivity index (χ3v) is 3.98. The minimum Gasteiger partial charge on any atom is -0.342 e. The summed E-state index contributed by atoms with van der Waals surface area (Å²) in [7, 11) is 2.00. The SMILES string of the molecule is CCCSCC(=O)N1CCC(NC)CC1. The maximum Gasteiger partial charge on any atom is 0.232 e. The zero-order chi connectivity index (χ0) is 11.1. The second-order valence-electron chi connectivity index (χ2n) is 4.00. The fourth-order valence-corrected chi connectivity index (χ4v) is 2.60. The summed E-state index contributed by atoms with van der Waals surface area (Å²) in [5.41, 5.74) is 0. The molecule has 1 aliphatic heterocycles. The molecule has 0 unspecified atom stereocenters. The van der Waals surface area contributed by atoms with Crippen LogP contribution in [0.1, 0.15) is 26.2 Å². The summed E-state index contributed by atoms with van der Waals surface area (Å²) in [5, 5.41) is 3.27. The van der Waals surface area contributed by atoms with Crippen molar-refractivity contribution in [2.24, 2.45) is 0 Å². The van der Waals surface area contributed by atoms with E-state index in [1.165, 1.54) is 0 Å². The molecule has 0 aromatic rings. The van der Waals surface area contributed by atoms with Gasteiger partial charge in [0.15, 0.2) is 0 Å². The lowest BCUT2D eigenvalue weighted by Crippen LogP contribution is -2.44. The third kappa shape index (κ3) is 4.43. The molecule has 1 rings (SSSR count). The molecule has 0 bridgehead atoms. The Morgan fingerprint density at radius 2 is 2.13 bits per heavy atom. The topological polar surface area (TPSA) is 32.3 Å². The van der Waals surface area contributed by atoms with Crippen LogP contribution in [0.2, 0.25) is 0 Å². The molecule has 4 heteroatoms. The van der Waals surface area contributed by atoms with Crippen LogP contribution in [0.5, 0.6) is 0 Å². The molecule has 3 nitrogen and oxygen atoms in total. The van der Waals surface area contributed by atoms with E-state index >= 15 is 0 Å². The lowest BCUT2D eigenvalue weighted by atomic mass is 10.1. The molecule has 0 aromatic carbocycles. The molecule has 0 atom stereocenters. The van der Waals surface area contributed by atoms with E-state index in [1.807, 2.05) is 11.9 Å². The Bertz CT molecular complexity index is 191. The van der Waals surface area contributed by atoms with Gasteiger partial charge in [-0.15, -0.1) is 0 Å². The Labute approximate surface area is 97.0 Å². The van der Waals surface area contributed by atoms with Crippen LogP contribution >= 0.6 is 11.8 Å². The van der Waals surface area contributed by atoms with Crippen molar-refractivity contribution in [1.82, 2.24) is 10.2 Å². The predicted octanol–water partition coefficient (Wildman–Crippen LogP) is 1.34. The van der Waals surface area contributed by atoms with E-state index in [2.05, 4.69) is 12.2 Å². The first-order valence-corrected chi connectivity index (χ1v) is 6.96. The van der Waals surface area contributed by atoms with Gasteiger partial charge in [-0.1, -0.05) is 6.92 Å². The quantitative estimate of drug-likeness (QED) is 0.723. The van der Waals surface area contributed by atoms with Crippen LogP contribution in [0.4, 0.5) is 0 Å². The average molecular weight is 230 g/mol. The number of likely N-dealkylation sites (tertiary alicyclic amines) is 1. The third-order valence-electron chi connectivity index (χ3n) is 2.83. The minimum absolute atomic E-state index is 0.322. The van der Waals surface area contributed by atoms with E-state index in [1.54, 1.807) is 11.8 Å². The molecule has 15 heavy (non-hydrogen) atoms. The van der Waals surface area contributed by atoms with Crippen LogP contribution in [0.25, 0.3) is 0 Å². The van der Waals surface area contributed by atoms with E-state index in [0.29, 0.717) is 17.7 Å². The first-order valence-electron chi connectivity index (χ1n) is 5.80. The summed E-state index contributed by atoms with van der Waals surface area (Å²) < 4.78 is 0. The van der Waals surface area contributed by atoms with Crippen molar-refractivity contribution in [2.45, 2.75) is 32.2 Å². The summed E-state index contributed by atoms with van der Waals surface area (Å²) in [4.78, 5) is 13.8. The molecule has 0 spiro atoms. The molecule has 0 aromatic heterocycles. The summed E-state index contributed by atoms with van der Waals surface area (Å²) in [6.07, 6.45) is 3.35. The van der Waals surface area contributed by atoms with Gasteiger partial charge in [0.25, 0.3) is 0 Å². The van der Waals surface area contributed by atoms with Crippen molar-refractivity contribution in [3.63, 3.8) is 0 Å². The van der Waals surface area contributed by atoms with E-state index in [4.69, 9.17) is 0 Å². The van der Waals surface area contributed by atoms with Gasteiger partial charge in [-0.05, 0) is 32.1 Å². The van der Waals surface area contributed by atoms with Gasteiger partial charge in [-0.3, -0.25) is 4.79 Å². The van der Waals surface area contributed by atoms with Crippen molar-refractivity contribution in [3.8, 4) is 0 Å². The van der Waals surface area contributed by atoms with Gasteiger partial charge < -0.3 is 10.2 Å². The zero-order valence-electron chi connectivity index (χ0n) is 9.79. The number of thioether (sulfide) groups is 1. The Hall–Kier alpha value is -0.220. The molecule has 0 saturated carbocycles. The van der Waals surface area contributed by atoms with E-state index in [9.17, 15) is 4.79 Å². The monoisotopic (exact) mass is 230 g/mol. The molecule has 1 aliphatic rings. The fraction of sp³-hybridized carbons (Fsp3) is 0.909. The first kappa shape index (κ1) is 12.8. The smallest absolute Gasteiger partial charge is 0.232 e. The van der Waals surface area contributed by atoms with E-state index in [0.717, 1.165) is 38.1 Å². The Morgan fingerprint density at radius 1 is 1.47 bits per heavy atom. The van der Waals surface area contributed by atoms with Crippen molar-refractivity contribution in [2.75, 3.05) is 31.6 Å². The van der Waals surface area contributed by atoms with Crippen molar-refractivity contribution >= 4 is 17.7 Å². The van der Waals surface area contributed by atoms with Crippen LogP contribution in [-0.4, -0.2) is 48.5 Å². The Morgan fingerprint density at radius 3 is 2.67 bits per heavy atom. The number of piperidine rings is 1. The van der Waals surface area contributed by atoms with Gasteiger partial charge in [0.05, 0.1) is 5.75 Å². The van der Waals surface area contributed by atoms with E-state index in [-0.39, 0.29) is 0 Å². The highest BCUT2D eigenvalue weighted by Crippen LogP contribution is 2.12. The van der Waals surface area contributed by atoms with Gasteiger partial charge in [0.1, 0.15) is 0 Å². The van der Waals surface area contributed by atoms with Gasteiger partial charge in [0, 0.05) is 19.1 Å². The van der Waals surface area contributed by atoms with Gasteiger partial charge >= 0.3 is 0 Å². The van der Waals surface area contributed by atoms with Crippen LogP contribution < -0.4 is 5.32 Å². The van der Waals surface area contributed by atoms with Crippen molar-refractivity contribution in [3.05, 3.63) is 0 Å². The minimum atomic E-state index is 0.322. The van der Waals surface area contributed by atoms with Crippen molar-refractivity contribution < 1.29 is 4.79 Å². The number of nitrogens with zero attached hydrogens (tertiary/aromatic N) is 1. The van der Waals surface area contributed by atoms with Crippen LogP contribution in [0.15, 0.2) is 0 Å². The number of nitrogens with one attached hydrogen (secondary N) is 1. The lowest BCUT2D eigenvalue weighted by Gasteiger charge is -2.31. The number of amides is 1. The Balaban J connectivity index is 2.18. The zero-order valence-corrected chi connectivity index (χ0v) is 10.6. The standard InChI is InChI=1S/C11H22N2OS/c1-3-8-15-9-11(14)13-6-4-10(12-2)5-7-13/h10,12H,3-9H2,1-2H3. The van der Waals surface area contributed by atoms with E-state index < -0.39 is 0 Å². The van der Waals surface area contributed by atoms with Crippen molar-refractivity contribution in [1.29, 1.82) is 0 Å². The number of hydrogen-bond acceptors (Lipinski definition) is 3. The largest absolute Gasteiger partial charge is 0.342 e.